The van der Waals surface area contributed by atoms with Gasteiger partial charge in [-0.1, -0.05) is 24.9 Å². The summed E-state index contributed by atoms with van der Waals surface area (Å²) in [4.78, 5) is 26.6. The number of nitrogens with one attached hydrogen (secondary N) is 2. The van der Waals surface area contributed by atoms with Gasteiger partial charge < -0.3 is 10.6 Å². The van der Waals surface area contributed by atoms with E-state index in [1.165, 1.54) is 18.2 Å². The second-order valence-electron chi connectivity index (χ2n) is 6.74. The Balaban J connectivity index is 1.83. The number of hydrogen-bond acceptors (Lipinski definition) is 3. The van der Waals surface area contributed by atoms with Crippen LogP contribution in [-0.2, 0) is 9.59 Å². The van der Waals surface area contributed by atoms with Crippen molar-refractivity contribution in [1.82, 2.24) is 10.2 Å². The van der Waals surface area contributed by atoms with Crippen LogP contribution in [0.2, 0.25) is 5.02 Å². The van der Waals surface area contributed by atoms with Gasteiger partial charge in [0.25, 0.3) is 0 Å². The molecule has 26 heavy (non-hydrogen) atoms. The highest BCUT2D eigenvalue weighted by Crippen LogP contribution is 2.22. The second kappa shape index (κ2) is 9.88. The molecule has 0 aromatic heterocycles. The number of rotatable bonds is 7. The normalized spacial score (nSPS) is 16.9. The Kier molecular flexibility index (Phi) is 7.85. The van der Waals surface area contributed by atoms with Crippen LogP contribution in [0, 0.1) is 11.7 Å². The van der Waals surface area contributed by atoms with E-state index in [0.717, 1.165) is 32.2 Å². The predicted molar refractivity (Wildman–Crippen MR) is 102 cm³/mol. The summed E-state index contributed by atoms with van der Waals surface area (Å²) in [6, 6.07) is 3.66. The van der Waals surface area contributed by atoms with E-state index in [-0.39, 0.29) is 23.4 Å². The van der Waals surface area contributed by atoms with Crippen molar-refractivity contribution >= 4 is 29.1 Å². The van der Waals surface area contributed by atoms with Gasteiger partial charge in [-0.15, -0.1) is 0 Å². The van der Waals surface area contributed by atoms with Crippen LogP contribution in [0.25, 0.3) is 0 Å². The third-order valence-corrected chi connectivity index (χ3v) is 5.08. The van der Waals surface area contributed by atoms with Crippen molar-refractivity contribution in [2.75, 3.05) is 25.0 Å². The number of hydrogen-bond donors (Lipinski definition) is 2. The highest BCUT2D eigenvalue weighted by atomic mass is 35.5. The van der Waals surface area contributed by atoms with Crippen LogP contribution in [-0.4, -0.2) is 42.4 Å². The molecule has 7 heteroatoms. The van der Waals surface area contributed by atoms with Crippen LogP contribution in [0.3, 0.4) is 0 Å². The van der Waals surface area contributed by atoms with Crippen molar-refractivity contribution in [3.8, 4) is 0 Å². The first kappa shape index (κ1) is 20.6. The molecule has 1 saturated heterocycles. The molecule has 0 unspecified atom stereocenters. The fourth-order valence-corrected chi connectivity index (χ4v) is 3.25. The predicted octanol–water partition coefficient (Wildman–Crippen LogP) is 3.43. The van der Waals surface area contributed by atoms with Crippen molar-refractivity contribution in [2.24, 2.45) is 5.92 Å². The number of likely N-dealkylation sites (tertiary alicyclic amines) is 1. The third kappa shape index (κ3) is 5.68. The van der Waals surface area contributed by atoms with Gasteiger partial charge in [0.15, 0.2) is 0 Å². The van der Waals surface area contributed by atoms with Gasteiger partial charge >= 0.3 is 0 Å². The van der Waals surface area contributed by atoms with E-state index in [9.17, 15) is 14.0 Å². The minimum atomic E-state index is -0.516. The van der Waals surface area contributed by atoms with Gasteiger partial charge in [0.05, 0.1) is 11.7 Å². The molecule has 2 N–H and O–H groups in total. The van der Waals surface area contributed by atoms with E-state index in [2.05, 4.69) is 17.6 Å². The largest absolute Gasteiger partial charge is 0.356 e. The monoisotopic (exact) mass is 383 g/mol. The molecule has 0 saturated carbocycles. The Morgan fingerprint density at radius 1 is 1.35 bits per heavy atom. The average Bonchev–Trinajstić information content (AvgIpc) is 2.64. The van der Waals surface area contributed by atoms with Crippen LogP contribution in [0.4, 0.5) is 10.1 Å². The zero-order chi connectivity index (χ0) is 19.1. The van der Waals surface area contributed by atoms with Crippen LogP contribution in [0.1, 0.15) is 39.5 Å². The molecule has 1 heterocycles. The fourth-order valence-electron chi connectivity index (χ4n) is 3.08. The van der Waals surface area contributed by atoms with E-state index in [1.54, 1.807) is 6.92 Å². The number of anilines is 1. The van der Waals surface area contributed by atoms with E-state index >= 15 is 0 Å². The topological polar surface area (TPSA) is 61.4 Å². The van der Waals surface area contributed by atoms with Gasteiger partial charge in [-0.25, -0.2) is 4.39 Å². The van der Waals surface area contributed by atoms with Crippen LogP contribution < -0.4 is 10.6 Å². The van der Waals surface area contributed by atoms with Crippen molar-refractivity contribution in [1.29, 1.82) is 0 Å². The number of nitrogens with zero attached hydrogens (tertiary/aromatic N) is 1. The molecule has 1 aromatic rings. The highest BCUT2D eigenvalue weighted by molar-refractivity contribution is 6.30. The number of amides is 2. The molecule has 1 aliphatic rings. The standard InChI is InChI=1S/C19H27ClFN3O2/c1-3-4-9-22-19(26)14-7-10-24(11-8-14)13(2)18(25)23-17-12-15(20)5-6-16(17)21/h5-6,12-14H,3-4,7-11H2,1-2H3,(H,22,26)(H,23,25)/t13-/m0/s1. The minimum Gasteiger partial charge on any atom is -0.356 e. The van der Waals surface area contributed by atoms with Crippen molar-refractivity contribution in [2.45, 2.75) is 45.6 Å². The summed E-state index contributed by atoms with van der Waals surface area (Å²) in [7, 11) is 0. The molecule has 5 nitrogen and oxygen atoms in total. The van der Waals surface area contributed by atoms with E-state index in [1.807, 2.05) is 4.90 Å². The lowest BCUT2D eigenvalue weighted by molar-refractivity contribution is -0.127. The number of unbranched alkanes of at least 4 members (excludes halogenated alkanes) is 1. The van der Waals surface area contributed by atoms with Gasteiger partial charge in [-0.3, -0.25) is 14.5 Å². The number of carbonyl (C=O) groups is 2. The van der Waals surface area contributed by atoms with Gasteiger partial charge in [0.1, 0.15) is 5.82 Å². The highest BCUT2D eigenvalue weighted by Gasteiger charge is 2.29. The Morgan fingerprint density at radius 2 is 2.04 bits per heavy atom. The summed E-state index contributed by atoms with van der Waals surface area (Å²) in [5, 5.41) is 5.94. The lowest BCUT2D eigenvalue weighted by Crippen LogP contribution is -2.48. The number of carbonyl (C=O) groups excluding carboxylic acids is 2. The molecule has 0 radical (unpaired) electrons. The van der Waals surface area contributed by atoms with E-state index in [4.69, 9.17) is 11.6 Å². The van der Waals surface area contributed by atoms with Gasteiger partial charge in [0, 0.05) is 17.5 Å². The second-order valence-corrected chi connectivity index (χ2v) is 7.18. The zero-order valence-corrected chi connectivity index (χ0v) is 16.1. The van der Waals surface area contributed by atoms with Crippen LogP contribution in [0.5, 0.6) is 0 Å². The minimum absolute atomic E-state index is 0.00346. The van der Waals surface area contributed by atoms with Crippen LogP contribution >= 0.6 is 11.6 Å². The first-order valence-electron chi connectivity index (χ1n) is 9.20. The number of piperidine rings is 1. The lowest BCUT2D eigenvalue weighted by Gasteiger charge is -2.34. The molecular formula is C19H27ClFN3O2. The molecular weight excluding hydrogens is 357 g/mol. The van der Waals surface area contributed by atoms with Gasteiger partial charge in [0.2, 0.25) is 11.8 Å². The molecule has 1 aliphatic heterocycles. The molecule has 0 aliphatic carbocycles. The molecule has 2 amide bonds. The SMILES string of the molecule is CCCCNC(=O)C1CCN([C@@H](C)C(=O)Nc2cc(Cl)ccc2F)CC1. The number of halogens is 2. The van der Waals surface area contributed by atoms with Crippen molar-refractivity contribution in [3.05, 3.63) is 29.0 Å². The van der Waals surface area contributed by atoms with Gasteiger partial charge in [-0.2, -0.15) is 0 Å². The molecule has 0 spiro atoms. The maximum absolute atomic E-state index is 13.8. The molecule has 0 bridgehead atoms. The first-order chi connectivity index (χ1) is 12.4. The lowest BCUT2D eigenvalue weighted by atomic mass is 9.95. The summed E-state index contributed by atoms with van der Waals surface area (Å²) >= 11 is 5.85. The molecule has 2 rings (SSSR count). The van der Waals surface area contributed by atoms with Crippen molar-refractivity contribution in [3.63, 3.8) is 0 Å². The Labute approximate surface area is 159 Å². The summed E-state index contributed by atoms with van der Waals surface area (Å²) < 4.78 is 13.8. The zero-order valence-electron chi connectivity index (χ0n) is 15.4. The van der Waals surface area contributed by atoms with E-state index < -0.39 is 11.9 Å². The first-order valence-corrected chi connectivity index (χ1v) is 9.57. The smallest absolute Gasteiger partial charge is 0.241 e. The summed E-state index contributed by atoms with van der Waals surface area (Å²) in [5.74, 6) is -0.686. The maximum atomic E-state index is 13.8. The Morgan fingerprint density at radius 3 is 2.69 bits per heavy atom. The Hall–Kier alpha value is -1.66. The molecule has 1 atom stereocenters. The van der Waals surface area contributed by atoms with Crippen molar-refractivity contribution < 1.29 is 14.0 Å². The number of benzene rings is 1. The molecule has 1 fully saturated rings. The summed E-state index contributed by atoms with van der Waals surface area (Å²) in [5.41, 5.74) is 0.0829. The van der Waals surface area contributed by atoms with E-state index in [0.29, 0.717) is 18.1 Å². The summed E-state index contributed by atoms with van der Waals surface area (Å²) in [6.45, 7) is 5.93. The van der Waals surface area contributed by atoms with Crippen LogP contribution in [0.15, 0.2) is 18.2 Å². The quantitative estimate of drug-likeness (QED) is 0.709. The Bertz CT molecular complexity index is 633. The molecule has 1 aromatic carbocycles. The third-order valence-electron chi connectivity index (χ3n) is 4.84. The summed E-state index contributed by atoms with van der Waals surface area (Å²) in [6.07, 6.45) is 3.49. The van der Waals surface area contributed by atoms with Gasteiger partial charge in [-0.05, 0) is 57.5 Å². The fraction of sp³-hybridized carbons (Fsp3) is 0.579. The maximum Gasteiger partial charge on any atom is 0.241 e. The molecule has 144 valence electrons. The average molecular weight is 384 g/mol.